The molecule has 19 heavy (non-hydrogen) atoms. The Bertz CT molecular complexity index is 636. The third-order valence-corrected chi connectivity index (χ3v) is 4.89. The van der Waals surface area contributed by atoms with Gasteiger partial charge >= 0.3 is 0 Å². The molecule has 0 amide bonds. The van der Waals surface area contributed by atoms with Crippen molar-refractivity contribution >= 4 is 10.0 Å². The second kappa shape index (κ2) is 4.75. The summed E-state index contributed by atoms with van der Waals surface area (Å²) >= 11 is 0. The lowest BCUT2D eigenvalue weighted by Gasteiger charge is -2.20. The van der Waals surface area contributed by atoms with Gasteiger partial charge in [-0.3, -0.25) is 10.1 Å². The van der Waals surface area contributed by atoms with Crippen LogP contribution in [-0.4, -0.2) is 33.9 Å². The third kappa shape index (κ3) is 2.52. The van der Waals surface area contributed by atoms with Crippen molar-refractivity contribution in [3.8, 4) is 0 Å². The number of aromatic amines is 1. The summed E-state index contributed by atoms with van der Waals surface area (Å²) in [7, 11) is -3.52. The Balaban J connectivity index is 1.90. The van der Waals surface area contributed by atoms with Crippen LogP contribution in [0, 0.1) is 0 Å². The maximum atomic E-state index is 12.5. The molecule has 2 aromatic heterocycles. The second-order valence-corrected chi connectivity index (χ2v) is 6.38. The van der Waals surface area contributed by atoms with Crippen LogP contribution >= 0.6 is 0 Å². The Morgan fingerprint density at radius 2 is 2.11 bits per heavy atom. The molecule has 0 saturated heterocycles. The highest BCUT2D eigenvalue weighted by Crippen LogP contribution is 2.32. The van der Waals surface area contributed by atoms with Crippen molar-refractivity contribution in [1.29, 1.82) is 0 Å². The first-order chi connectivity index (χ1) is 9.18. The van der Waals surface area contributed by atoms with E-state index in [0.29, 0.717) is 6.54 Å². The maximum Gasteiger partial charge on any atom is 0.260 e. The van der Waals surface area contributed by atoms with Crippen molar-refractivity contribution in [2.24, 2.45) is 0 Å². The van der Waals surface area contributed by atoms with Crippen LogP contribution in [0.15, 0.2) is 41.7 Å². The molecule has 0 atom stereocenters. The van der Waals surface area contributed by atoms with E-state index in [-0.39, 0.29) is 11.1 Å². The fraction of sp³-hybridized carbons (Fsp3) is 0.333. The molecule has 3 rings (SSSR count). The molecule has 0 aliphatic heterocycles. The zero-order chi connectivity index (χ0) is 13.3. The fourth-order valence-electron chi connectivity index (χ4n) is 1.94. The number of hydrogen-bond acceptors (Lipinski definition) is 4. The van der Waals surface area contributed by atoms with Crippen molar-refractivity contribution in [2.45, 2.75) is 30.5 Å². The largest absolute Gasteiger partial charge is 0.266 e. The van der Waals surface area contributed by atoms with Crippen LogP contribution in [0.25, 0.3) is 0 Å². The highest BCUT2D eigenvalue weighted by molar-refractivity contribution is 7.89. The van der Waals surface area contributed by atoms with Gasteiger partial charge in [0, 0.05) is 12.2 Å². The van der Waals surface area contributed by atoms with Crippen molar-refractivity contribution in [3.05, 3.63) is 42.4 Å². The number of H-pyrrole nitrogens is 1. The van der Waals surface area contributed by atoms with Gasteiger partial charge in [0.25, 0.3) is 10.0 Å². The lowest BCUT2D eigenvalue weighted by Crippen LogP contribution is -2.33. The van der Waals surface area contributed by atoms with Gasteiger partial charge in [-0.15, -0.1) is 0 Å². The van der Waals surface area contributed by atoms with Gasteiger partial charge in [0.2, 0.25) is 0 Å². The second-order valence-electron chi connectivity index (χ2n) is 4.52. The number of hydrogen-bond donors (Lipinski definition) is 1. The monoisotopic (exact) mass is 278 g/mol. The Kier molecular flexibility index (Phi) is 3.08. The Hall–Kier alpha value is -1.73. The van der Waals surface area contributed by atoms with E-state index in [1.54, 1.807) is 6.20 Å². The minimum Gasteiger partial charge on any atom is -0.266 e. The van der Waals surface area contributed by atoms with Gasteiger partial charge in [-0.05, 0) is 31.0 Å². The molecule has 2 heterocycles. The van der Waals surface area contributed by atoms with Crippen LogP contribution < -0.4 is 0 Å². The summed E-state index contributed by atoms with van der Waals surface area (Å²) in [6, 6.07) is 7.06. The smallest absolute Gasteiger partial charge is 0.260 e. The molecule has 0 unspecified atom stereocenters. The summed E-state index contributed by atoms with van der Waals surface area (Å²) in [4.78, 5) is 4.19. The lowest BCUT2D eigenvalue weighted by molar-refractivity contribution is 0.392. The number of nitrogens with zero attached hydrogens (tertiary/aromatic N) is 3. The van der Waals surface area contributed by atoms with Gasteiger partial charge in [-0.25, -0.2) is 8.42 Å². The van der Waals surface area contributed by atoms with Crippen LogP contribution in [0.1, 0.15) is 18.5 Å². The zero-order valence-electron chi connectivity index (χ0n) is 10.2. The van der Waals surface area contributed by atoms with Gasteiger partial charge in [0.05, 0.1) is 18.4 Å². The third-order valence-electron chi connectivity index (χ3n) is 3.06. The van der Waals surface area contributed by atoms with Gasteiger partial charge in [0.15, 0.2) is 5.03 Å². The van der Waals surface area contributed by atoms with Crippen molar-refractivity contribution in [1.82, 2.24) is 19.5 Å². The van der Waals surface area contributed by atoms with E-state index in [4.69, 9.17) is 0 Å². The number of pyridine rings is 1. The van der Waals surface area contributed by atoms with E-state index >= 15 is 0 Å². The van der Waals surface area contributed by atoms with Crippen molar-refractivity contribution in [3.63, 3.8) is 0 Å². The molecule has 6 nitrogen and oxygen atoms in total. The highest BCUT2D eigenvalue weighted by atomic mass is 32.2. The van der Waals surface area contributed by atoms with E-state index in [1.807, 2.05) is 18.2 Å². The van der Waals surface area contributed by atoms with E-state index < -0.39 is 10.0 Å². The Labute approximate surface area is 111 Å². The van der Waals surface area contributed by atoms with Gasteiger partial charge in [-0.1, -0.05) is 6.07 Å². The summed E-state index contributed by atoms with van der Waals surface area (Å²) in [5.74, 6) is 0. The summed E-state index contributed by atoms with van der Waals surface area (Å²) in [5.41, 5.74) is 0.748. The molecular weight excluding hydrogens is 264 g/mol. The van der Waals surface area contributed by atoms with E-state index in [1.165, 1.54) is 16.6 Å². The van der Waals surface area contributed by atoms with Crippen LogP contribution in [0.4, 0.5) is 0 Å². The predicted molar refractivity (Wildman–Crippen MR) is 68.6 cm³/mol. The average Bonchev–Trinajstić information content (AvgIpc) is 3.09. The van der Waals surface area contributed by atoms with Crippen LogP contribution in [0.5, 0.6) is 0 Å². The van der Waals surface area contributed by atoms with Crippen molar-refractivity contribution in [2.75, 3.05) is 0 Å². The first-order valence-corrected chi connectivity index (χ1v) is 7.53. The molecule has 7 heteroatoms. The van der Waals surface area contributed by atoms with E-state index in [2.05, 4.69) is 15.2 Å². The number of aromatic nitrogens is 3. The standard InChI is InChI=1S/C12H14N4O2S/c17-19(18,12-6-8-14-15-12)16(11-4-5-11)9-10-3-1-2-7-13-10/h1-3,6-8,11H,4-5,9H2,(H,14,15). The fourth-order valence-corrected chi connectivity index (χ4v) is 3.50. The first-order valence-electron chi connectivity index (χ1n) is 6.09. The van der Waals surface area contributed by atoms with Crippen LogP contribution in [0.3, 0.4) is 0 Å². The quantitative estimate of drug-likeness (QED) is 0.890. The molecule has 1 saturated carbocycles. The van der Waals surface area contributed by atoms with Crippen LogP contribution in [0.2, 0.25) is 0 Å². The van der Waals surface area contributed by atoms with Crippen molar-refractivity contribution < 1.29 is 8.42 Å². The number of sulfonamides is 1. The summed E-state index contributed by atoms with van der Waals surface area (Å²) in [5, 5.41) is 6.37. The first kappa shape index (κ1) is 12.3. The molecular formula is C12H14N4O2S. The molecule has 0 radical (unpaired) electrons. The van der Waals surface area contributed by atoms with Gasteiger partial charge in [-0.2, -0.15) is 9.40 Å². The molecule has 1 aliphatic carbocycles. The van der Waals surface area contributed by atoms with E-state index in [0.717, 1.165) is 18.5 Å². The minimum atomic E-state index is -3.52. The SMILES string of the molecule is O=S(=O)(c1ccn[nH]1)N(Cc1ccccn1)C1CC1. The highest BCUT2D eigenvalue weighted by Gasteiger charge is 2.38. The normalized spacial score (nSPS) is 15.8. The predicted octanol–water partition coefficient (Wildman–Crippen LogP) is 1.16. The molecule has 1 fully saturated rings. The van der Waals surface area contributed by atoms with Gasteiger partial charge < -0.3 is 0 Å². The molecule has 100 valence electrons. The summed E-state index contributed by atoms with van der Waals surface area (Å²) in [6.45, 7) is 0.298. The topological polar surface area (TPSA) is 79.0 Å². The Morgan fingerprint density at radius 1 is 1.26 bits per heavy atom. The number of rotatable bonds is 5. The average molecular weight is 278 g/mol. The molecule has 2 aromatic rings. The maximum absolute atomic E-state index is 12.5. The molecule has 1 aliphatic rings. The molecule has 0 aromatic carbocycles. The summed E-state index contributed by atoms with van der Waals surface area (Å²) in [6.07, 6.45) is 4.92. The van der Waals surface area contributed by atoms with Crippen LogP contribution in [-0.2, 0) is 16.6 Å². The molecule has 0 spiro atoms. The summed E-state index contributed by atoms with van der Waals surface area (Å²) < 4.78 is 26.5. The zero-order valence-corrected chi connectivity index (χ0v) is 11.0. The number of nitrogens with one attached hydrogen (secondary N) is 1. The lowest BCUT2D eigenvalue weighted by atomic mass is 10.3. The minimum absolute atomic E-state index is 0.0790. The van der Waals surface area contributed by atoms with Gasteiger partial charge in [0.1, 0.15) is 0 Å². The Morgan fingerprint density at radius 3 is 2.68 bits per heavy atom. The van der Waals surface area contributed by atoms with E-state index in [9.17, 15) is 8.42 Å². The molecule has 1 N–H and O–H groups in total. The molecule has 0 bridgehead atoms.